The maximum absolute atomic E-state index is 3.58. The fourth-order valence-corrected chi connectivity index (χ4v) is 2.42. The van der Waals surface area contributed by atoms with Crippen LogP contribution in [-0.4, -0.2) is 12.1 Å². The fraction of sp³-hybridized carbons (Fsp3) is 1.00. The molecule has 0 aromatic heterocycles. The summed E-state index contributed by atoms with van der Waals surface area (Å²) in [6.07, 6.45) is 5.32. The first-order valence-electron chi connectivity index (χ1n) is 6.91. The van der Waals surface area contributed by atoms with Crippen molar-refractivity contribution in [3.8, 4) is 0 Å². The van der Waals surface area contributed by atoms with Crippen LogP contribution in [0.1, 0.15) is 74.1 Å². The van der Waals surface area contributed by atoms with E-state index in [-0.39, 0.29) is 5.54 Å². The second-order valence-corrected chi connectivity index (χ2v) is 7.19. The van der Waals surface area contributed by atoms with E-state index in [1.54, 1.807) is 0 Å². The molecule has 0 aliphatic carbocycles. The van der Waals surface area contributed by atoms with Crippen molar-refractivity contribution in [2.45, 2.75) is 79.7 Å². The van der Waals surface area contributed by atoms with Crippen molar-refractivity contribution >= 4 is 0 Å². The minimum atomic E-state index is 0.255. The molecule has 0 radical (unpaired) electrons. The maximum atomic E-state index is 3.58. The molecule has 0 fully saturated rings. The molecule has 0 rings (SSSR count). The van der Waals surface area contributed by atoms with E-state index in [0.29, 0.717) is 5.41 Å². The monoisotopic (exact) mass is 227 g/mol. The standard InChI is InChI=1S/C15H33N/c1-8-9-13(2)12-15(6,7)10-11-16-14(3,4)5/h13,16H,8-12H2,1-7H3. The lowest BCUT2D eigenvalue weighted by Gasteiger charge is -2.30. The zero-order valence-electron chi connectivity index (χ0n) is 12.6. The predicted octanol–water partition coefficient (Wildman–Crippen LogP) is 4.62. The van der Waals surface area contributed by atoms with Gasteiger partial charge in [0.25, 0.3) is 0 Å². The van der Waals surface area contributed by atoms with Crippen molar-refractivity contribution < 1.29 is 0 Å². The summed E-state index contributed by atoms with van der Waals surface area (Å²) in [4.78, 5) is 0. The van der Waals surface area contributed by atoms with Gasteiger partial charge in [-0.2, -0.15) is 0 Å². The number of hydrogen-bond acceptors (Lipinski definition) is 1. The predicted molar refractivity (Wildman–Crippen MR) is 74.8 cm³/mol. The molecule has 1 nitrogen and oxygen atoms in total. The summed E-state index contributed by atoms with van der Waals surface area (Å²) in [5.74, 6) is 0.870. The molecule has 1 heteroatoms. The summed E-state index contributed by atoms with van der Waals surface area (Å²) in [6.45, 7) is 17.3. The Labute approximate surface area is 103 Å². The second kappa shape index (κ2) is 6.64. The summed E-state index contributed by atoms with van der Waals surface area (Å²) >= 11 is 0. The first kappa shape index (κ1) is 16.0. The fourth-order valence-electron chi connectivity index (χ4n) is 2.42. The molecule has 0 aliphatic rings. The van der Waals surface area contributed by atoms with Crippen molar-refractivity contribution in [3.05, 3.63) is 0 Å². The number of hydrogen-bond donors (Lipinski definition) is 1. The first-order valence-corrected chi connectivity index (χ1v) is 6.91. The smallest absolute Gasteiger partial charge is 0.00965 e. The minimum absolute atomic E-state index is 0.255. The van der Waals surface area contributed by atoms with Gasteiger partial charge in [-0.15, -0.1) is 0 Å². The van der Waals surface area contributed by atoms with Crippen molar-refractivity contribution in [2.24, 2.45) is 11.3 Å². The molecule has 0 saturated carbocycles. The van der Waals surface area contributed by atoms with Gasteiger partial charge in [0.05, 0.1) is 0 Å². The van der Waals surface area contributed by atoms with Gasteiger partial charge in [0.1, 0.15) is 0 Å². The molecule has 0 aliphatic heterocycles. The van der Waals surface area contributed by atoms with Crippen LogP contribution in [0.4, 0.5) is 0 Å². The third-order valence-electron chi connectivity index (χ3n) is 3.14. The number of rotatable bonds is 7. The molecule has 1 N–H and O–H groups in total. The highest BCUT2D eigenvalue weighted by Gasteiger charge is 2.21. The van der Waals surface area contributed by atoms with E-state index in [1.165, 1.54) is 25.7 Å². The molecule has 0 spiro atoms. The molecule has 98 valence electrons. The lowest BCUT2D eigenvalue weighted by atomic mass is 9.79. The van der Waals surface area contributed by atoms with Gasteiger partial charge < -0.3 is 5.32 Å². The summed E-state index contributed by atoms with van der Waals surface area (Å²) in [6, 6.07) is 0. The molecule has 0 aromatic carbocycles. The zero-order valence-corrected chi connectivity index (χ0v) is 12.6. The van der Waals surface area contributed by atoms with Crippen molar-refractivity contribution in [1.82, 2.24) is 5.32 Å². The van der Waals surface area contributed by atoms with Gasteiger partial charge in [-0.1, -0.05) is 40.5 Å². The van der Waals surface area contributed by atoms with Gasteiger partial charge in [0.2, 0.25) is 0 Å². The second-order valence-electron chi connectivity index (χ2n) is 7.19. The van der Waals surface area contributed by atoms with Crippen molar-refractivity contribution in [3.63, 3.8) is 0 Å². The lowest BCUT2D eigenvalue weighted by Crippen LogP contribution is -2.38. The Bertz CT molecular complexity index is 176. The van der Waals surface area contributed by atoms with E-state index in [0.717, 1.165) is 12.5 Å². The average Bonchev–Trinajstić information content (AvgIpc) is 1.99. The largest absolute Gasteiger partial charge is 0.312 e. The van der Waals surface area contributed by atoms with Crippen molar-refractivity contribution in [2.75, 3.05) is 6.54 Å². The Morgan fingerprint density at radius 2 is 1.62 bits per heavy atom. The van der Waals surface area contributed by atoms with E-state index >= 15 is 0 Å². The Morgan fingerprint density at radius 1 is 1.06 bits per heavy atom. The van der Waals surface area contributed by atoms with E-state index in [2.05, 4.69) is 53.8 Å². The molecule has 0 amide bonds. The average molecular weight is 227 g/mol. The summed E-state index contributed by atoms with van der Waals surface area (Å²) in [5, 5.41) is 3.58. The SMILES string of the molecule is CCCC(C)CC(C)(C)CCNC(C)(C)C. The van der Waals surface area contributed by atoms with Gasteiger partial charge in [-0.05, 0) is 51.5 Å². The Hall–Kier alpha value is -0.0400. The molecule has 0 bridgehead atoms. The highest BCUT2D eigenvalue weighted by Crippen LogP contribution is 2.30. The third-order valence-corrected chi connectivity index (χ3v) is 3.14. The summed E-state index contributed by atoms with van der Waals surface area (Å²) < 4.78 is 0. The first-order chi connectivity index (χ1) is 7.16. The van der Waals surface area contributed by atoms with Crippen LogP contribution >= 0.6 is 0 Å². The van der Waals surface area contributed by atoms with Crippen LogP contribution in [-0.2, 0) is 0 Å². The van der Waals surface area contributed by atoms with E-state index in [9.17, 15) is 0 Å². The normalized spacial score (nSPS) is 15.2. The third kappa shape index (κ3) is 9.21. The van der Waals surface area contributed by atoms with Crippen LogP contribution in [0.3, 0.4) is 0 Å². The molecule has 0 saturated heterocycles. The van der Waals surface area contributed by atoms with Gasteiger partial charge in [0.15, 0.2) is 0 Å². The highest BCUT2D eigenvalue weighted by molar-refractivity contribution is 4.76. The van der Waals surface area contributed by atoms with Gasteiger partial charge in [0, 0.05) is 5.54 Å². The Morgan fingerprint density at radius 3 is 2.06 bits per heavy atom. The van der Waals surface area contributed by atoms with Gasteiger partial charge >= 0.3 is 0 Å². The van der Waals surface area contributed by atoms with Gasteiger partial charge in [-0.3, -0.25) is 0 Å². The van der Waals surface area contributed by atoms with Crippen molar-refractivity contribution in [1.29, 1.82) is 0 Å². The lowest BCUT2D eigenvalue weighted by molar-refractivity contribution is 0.237. The summed E-state index contributed by atoms with van der Waals surface area (Å²) in [7, 11) is 0. The molecule has 0 heterocycles. The van der Waals surface area contributed by atoms with E-state index in [1.807, 2.05) is 0 Å². The maximum Gasteiger partial charge on any atom is 0.00965 e. The van der Waals surface area contributed by atoms with Crippen LogP contribution in [0.2, 0.25) is 0 Å². The molecular weight excluding hydrogens is 194 g/mol. The van der Waals surface area contributed by atoms with Crippen LogP contribution in [0.5, 0.6) is 0 Å². The quantitative estimate of drug-likeness (QED) is 0.669. The minimum Gasteiger partial charge on any atom is -0.312 e. The zero-order chi connectivity index (χ0) is 12.8. The number of nitrogens with one attached hydrogen (secondary N) is 1. The molecule has 16 heavy (non-hydrogen) atoms. The summed E-state index contributed by atoms with van der Waals surface area (Å²) in [5.41, 5.74) is 0.734. The Balaban J connectivity index is 3.86. The topological polar surface area (TPSA) is 12.0 Å². The molecule has 1 atom stereocenters. The van der Waals surface area contributed by atoms with Crippen LogP contribution in [0.25, 0.3) is 0 Å². The Kier molecular flexibility index (Phi) is 6.62. The van der Waals surface area contributed by atoms with Crippen LogP contribution in [0, 0.1) is 11.3 Å². The van der Waals surface area contributed by atoms with Crippen LogP contribution in [0.15, 0.2) is 0 Å². The van der Waals surface area contributed by atoms with Gasteiger partial charge in [-0.25, -0.2) is 0 Å². The van der Waals surface area contributed by atoms with Crippen LogP contribution < -0.4 is 5.32 Å². The highest BCUT2D eigenvalue weighted by atomic mass is 14.9. The molecule has 0 aromatic rings. The van der Waals surface area contributed by atoms with E-state index < -0.39 is 0 Å². The molecular formula is C15H33N. The molecule has 1 unspecified atom stereocenters. The van der Waals surface area contributed by atoms with E-state index in [4.69, 9.17) is 0 Å².